The lowest BCUT2D eigenvalue weighted by molar-refractivity contribution is 0.871. The van der Waals surface area contributed by atoms with Crippen LogP contribution in [0.25, 0.3) is 0 Å². The molecule has 0 fully saturated rings. The second-order valence-corrected chi connectivity index (χ2v) is 1.78. The van der Waals surface area contributed by atoms with Crippen LogP contribution < -0.4 is 11.1 Å². The van der Waals surface area contributed by atoms with Crippen LogP contribution in [-0.2, 0) is 0 Å². The van der Waals surface area contributed by atoms with E-state index in [4.69, 9.17) is 16.4 Å². The van der Waals surface area contributed by atoms with Crippen LogP contribution in [0, 0.1) is 16.7 Å². The number of nitrogens with one attached hydrogen (secondary N) is 2. The first-order valence-electron chi connectivity index (χ1n) is 2.80. The van der Waals surface area contributed by atoms with Crippen LogP contribution in [0.3, 0.4) is 0 Å². The topological polar surface area (TPSA) is 85.7 Å². The maximum absolute atomic E-state index is 8.16. The van der Waals surface area contributed by atoms with Crippen molar-refractivity contribution >= 4 is 5.71 Å². The molecule has 0 aromatic rings. The van der Waals surface area contributed by atoms with Crippen LogP contribution >= 0.6 is 0 Å². The lowest BCUT2D eigenvalue weighted by Crippen LogP contribution is -2.16. The number of nitrogens with zero attached hydrogens (tertiary/aromatic N) is 1. The Morgan fingerprint density at radius 2 is 2.50 bits per heavy atom. The van der Waals surface area contributed by atoms with Crippen LogP contribution in [-0.4, -0.2) is 19.3 Å². The molecular weight excluding hydrogens is 128 g/mol. The molecule has 0 aliphatic heterocycles. The summed E-state index contributed by atoms with van der Waals surface area (Å²) in [5.74, 6) is 0. The molecule has 0 saturated heterocycles. The fourth-order valence-corrected chi connectivity index (χ4v) is 0.473. The minimum absolute atomic E-state index is 0.118. The average molecular weight is 138 g/mol. The Morgan fingerprint density at radius 3 is 2.90 bits per heavy atom. The normalized spacial score (nSPS) is 10.6. The third kappa shape index (κ3) is 3.64. The molecule has 0 saturated carbocycles. The lowest BCUT2D eigenvalue weighted by atomic mass is 10.3. The van der Waals surface area contributed by atoms with Crippen molar-refractivity contribution in [3.05, 3.63) is 11.8 Å². The zero-order valence-electron chi connectivity index (χ0n) is 5.81. The van der Waals surface area contributed by atoms with Crippen molar-refractivity contribution in [1.82, 2.24) is 5.32 Å². The highest BCUT2D eigenvalue weighted by Gasteiger charge is 1.89. The SMILES string of the molecule is CNCC(N)=CC(=N)C#N. The molecule has 10 heavy (non-hydrogen) atoms. The van der Waals surface area contributed by atoms with Gasteiger partial charge in [0.15, 0.2) is 0 Å². The van der Waals surface area contributed by atoms with Gasteiger partial charge >= 0.3 is 0 Å². The smallest absolute Gasteiger partial charge is 0.133 e. The number of nitrogens with two attached hydrogens (primary N) is 1. The highest BCUT2D eigenvalue weighted by atomic mass is 14.8. The summed E-state index contributed by atoms with van der Waals surface area (Å²) in [5.41, 5.74) is 5.74. The predicted molar refractivity (Wildman–Crippen MR) is 39.5 cm³/mol. The third-order valence-electron chi connectivity index (χ3n) is 0.831. The van der Waals surface area contributed by atoms with Crippen molar-refractivity contribution in [3.8, 4) is 6.07 Å². The highest BCUT2D eigenvalue weighted by molar-refractivity contribution is 6.05. The van der Waals surface area contributed by atoms with E-state index in [-0.39, 0.29) is 5.71 Å². The Morgan fingerprint density at radius 1 is 1.90 bits per heavy atom. The van der Waals surface area contributed by atoms with E-state index in [1.807, 2.05) is 0 Å². The molecule has 0 aromatic carbocycles. The molecule has 0 radical (unpaired) electrons. The molecule has 4 N–H and O–H groups in total. The number of hydrogen-bond donors (Lipinski definition) is 3. The zero-order valence-corrected chi connectivity index (χ0v) is 5.81. The first-order chi connectivity index (χ1) is 4.70. The lowest BCUT2D eigenvalue weighted by Gasteiger charge is -1.96. The van der Waals surface area contributed by atoms with Gasteiger partial charge in [0.25, 0.3) is 0 Å². The van der Waals surface area contributed by atoms with Crippen molar-refractivity contribution in [2.75, 3.05) is 13.6 Å². The summed E-state index contributed by atoms with van der Waals surface area (Å²) in [6, 6.07) is 1.65. The number of likely N-dealkylation sites (N-methyl/N-ethyl adjacent to an activating group) is 1. The number of hydrogen-bond acceptors (Lipinski definition) is 4. The molecule has 0 atom stereocenters. The van der Waals surface area contributed by atoms with Gasteiger partial charge in [0, 0.05) is 12.2 Å². The van der Waals surface area contributed by atoms with Crippen molar-refractivity contribution in [3.63, 3.8) is 0 Å². The van der Waals surface area contributed by atoms with Gasteiger partial charge in [0.05, 0.1) is 0 Å². The number of rotatable bonds is 3. The molecule has 0 rings (SSSR count). The Hall–Kier alpha value is -1.34. The van der Waals surface area contributed by atoms with E-state index in [9.17, 15) is 0 Å². The standard InChI is InChI=1S/C6H10N4/c1-10-4-6(9)2-5(8)3-7/h2,8,10H,4,9H2,1H3. The maximum Gasteiger partial charge on any atom is 0.133 e. The van der Waals surface area contributed by atoms with Gasteiger partial charge in [-0.05, 0) is 13.1 Å². The number of nitriles is 1. The molecule has 0 aliphatic rings. The predicted octanol–water partition coefficient (Wildman–Crippen LogP) is -0.408. The van der Waals surface area contributed by atoms with E-state index in [0.29, 0.717) is 12.2 Å². The summed E-state index contributed by atoms with van der Waals surface area (Å²) in [6.45, 7) is 0.504. The molecule has 4 nitrogen and oxygen atoms in total. The summed E-state index contributed by atoms with van der Waals surface area (Å²) >= 11 is 0. The molecule has 0 unspecified atom stereocenters. The molecule has 0 aliphatic carbocycles. The molecule has 54 valence electrons. The fraction of sp³-hybridized carbons (Fsp3) is 0.333. The van der Waals surface area contributed by atoms with Gasteiger partial charge < -0.3 is 11.1 Å². The van der Waals surface area contributed by atoms with E-state index in [0.717, 1.165) is 0 Å². The Balaban J connectivity index is 3.93. The molecular formula is C6H10N4. The van der Waals surface area contributed by atoms with Gasteiger partial charge in [-0.3, -0.25) is 5.41 Å². The maximum atomic E-state index is 8.16. The average Bonchev–Trinajstić information content (AvgIpc) is 1.88. The van der Waals surface area contributed by atoms with Crippen LogP contribution in [0.1, 0.15) is 0 Å². The molecule has 0 bridgehead atoms. The summed E-state index contributed by atoms with van der Waals surface area (Å²) in [5, 5.41) is 17.9. The summed E-state index contributed by atoms with van der Waals surface area (Å²) in [4.78, 5) is 0. The van der Waals surface area contributed by atoms with Gasteiger partial charge in [-0.25, -0.2) is 0 Å². The molecule has 0 aromatic heterocycles. The molecule has 0 heterocycles. The van der Waals surface area contributed by atoms with E-state index >= 15 is 0 Å². The van der Waals surface area contributed by atoms with Crippen LogP contribution in [0.2, 0.25) is 0 Å². The largest absolute Gasteiger partial charge is 0.401 e. The minimum Gasteiger partial charge on any atom is -0.401 e. The number of allylic oxidation sites excluding steroid dienone is 1. The summed E-state index contributed by atoms with van der Waals surface area (Å²) in [6.07, 6.45) is 1.33. The van der Waals surface area contributed by atoms with E-state index in [2.05, 4.69) is 5.32 Å². The first-order valence-corrected chi connectivity index (χ1v) is 2.80. The Labute approximate surface area is 59.8 Å². The van der Waals surface area contributed by atoms with Crippen molar-refractivity contribution in [1.29, 1.82) is 10.7 Å². The van der Waals surface area contributed by atoms with Gasteiger partial charge in [-0.15, -0.1) is 0 Å². The summed E-state index contributed by atoms with van der Waals surface area (Å²) < 4.78 is 0. The molecule has 0 amide bonds. The van der Waals surface area contributed by atoms with Crippen molar-refractivity contribution in [2.45, 2.75) is 0 Å². The molecule has 4 heteroatoms. The van der Waals surface area contributed by atoms with Gasteiger partial charge in [-0.1, -0.05) is 0 Å². The second-order valence-electron chi connectivity index (χ2n) is 1.78. The first kappa shape index (κ1) is 8.66. The monoisotopic (exact) mass is 138 g/mol. The van der Waals surface area contributed by atoms with Gasteiger partial charge in [0.1, 0.15) is 11.8 Å². The Bertz CT molecular complexity index is 186. The van der Waals surface area contributed by atoms with Crippen molar-refractivity contribution < 1.29 is 0 Å². The summed E-state index contributed by atoms with van der Waals surface area (Å²) in [7, 11) is 1.75. The van der Waals surface area contributed by atoms with E-state index in [1.54, 1.807) is 13.1 Å². The third-order valence-corrected chi connectivity index (χ3v) is 0.831. The van der Waals surface area contributed by atoms with E-state index < -0.39 is 0 Å². The Kier molecular flexibility index (Phi) is 3.92. The van der Waals surface area contributed by atoms with Gasteiger partial charge in [0.2, 0.25) is 0 Å². The molecule has 0 spiro atoms. The van der Waals surface area contributed by atoms with Crippen molar-refractivity contribution in [2.24, 2.45) is 5.73 Å². The minimum atomic E-state index is -0.118. The zero-order chi connectivity index (χ0) is 7.98. The van der Waals surface area contributed by atoms with Gasteiger partial charge in [-0.2, -0.15) is 5.26 Å². The second kappa shape index (κ2) is 4.53. The van der Waals surface area contributed by atoms with E-state index in [1.165, 1.54) is 6.08 Å². The van der Waals surface area contributed by atoms with Crippen LogP contribution in [0.15, 0.2) is 11.8 Å². The van der Waals surface area contributed by atoms with Crippen LogP contribution in [0.4, 0.5) is 0 Å². The fourth-order valence-electron chi connectivity index (χ4n) is 0.473. The van der Waals surface area contributed by atoms with Crippen LogP contribution in [0.5, 0.6) is 0 Å². The quantitative estimate of drug-likeness (QED) is 0.463. The highest BCUT2D eigenvalue weighted by Crippen LogP contribution is 1.81.